The molecule has 22 heavy (non-hydrogen) atoms. The molecule has 6 heteroatoms. The van der Waals surface area contributed by atoms with Gasteiger partial charge in [-0.1, -0.05) is 0 Å². The Hall–Kier alpha value is -1.69. The van der Waals surface area contributed by atoms with Crippen LogP contribution in [0, 0.1) is 0 Å². The van der Waals surface area contributed by atoms with E-state index in [0.717, 1.165) is 50.4 Å². The zero-order chi connectivity index (χ0) is 15.7. The van der Waals surface area contributed by atoms with Crippen LogP contribution in [0.3, 0.4) is 0 Å². The molecule has 2 heterocycles. The van der Waals surface area contributed by atoms with Crippen LogP contribution in [0.4, 0.5) is 5.95 Å². The first kappa shape index (κ1) is 15.2. The average Bonchev–Trinajstić information content (AvgIpc) is 2.85. The first-order chi connectivity index (χ1) is 10.6. The van der Waals surface area contributed by atoms with Crippen molar-refractivity contribution in [1.82, 2.24) is 14.9 Å². The first-order valence-electron chi connectivity index (χ1n) is 7.86. The van der Waals surface area contributed by atoms with Gasteiger partial charge >= 0.3 is 0 Å². The van der Waals surface area contributed by atoms with Crippen molar-refractivity contribution >= 4 is 11.9 Å². The zero-order valence-corrected chi connectivity index (χ0v) is 13.6. The van der Waals surface area contributed by atoms with Crippen LogP contribution in [0.1, 0.15) is 30.5 Å². The van der Waals surface area contributed by atoms with Gasteiger partial charge in [-0.2, -0.15) is 0 Å². The second kappa shape index (κ2) is 5.83. The summed E-state index contributed by atoms with van der Waals surface area (Å²) in [6, 6.07) is 0. The number of fused-ring (bicyclic) bond motifs is 2. The third-order valence-corrected chi connectivity index (χ3v) is 4.82. The second-order valence-corrected chi connectivity index (χ2v) is 6.57. The number of carbonyl (C=O) groups excluding carboxylic acids is 1. The van der Waals surface area contributed by atoms with Crippen molar-refractivity contribution < 1.29 is 9.53 Å². The van der Waals surface area contributed by atoms with Gasteiger partial charge in [-0.25, -0.2) is 9.97 Å². The molecule has 1 aromatic heterocycles. The number of likely N-dealkylation sites (tertiary alicyclic amines) is 1. The van der Waals surface area contributed by atoms with Gasteiger partial charge in [-0.15, -0.1) is 0 Å². The molecule has 0 aromatic carbocycles. The zero-order valence-electron chi connectivity index (χ0n) is 13.6. The van der Waals surface area contributed by atoms with Crippen LogP contribution < -0.4 is 4.90 Å². The Labute approximate surface area is 131 Å². The molecular weight excluding hydrogens is 280 g/mol. The van der Waals surface area contributed by atoms with Crippen LogP contribution in [-0.4, -0.2) is 61.7 Å². The van der Waals surface area contributed by atoms with Crippen LogP contribution in [0.25, 0.3) is 0 Å². The maximum Gasteiger partial charge on any atom is 0.248 e. The number of hydrogen-bond acceptors (Lipinski definition) is 5. The van der Waals surface area contributed by atoms with E-state index in [1.807, 2.05) is 30.1 Å². The van der Waals surface area contributed by atoms with E-state index < -0.39 is 0 Å². The molecule has 1 aromatic rings. The van der Waals surface area contributed by atoms with E-state index in [1.54, 1.807) is 7.11 Å². The third-order valence-electron chi connectivity index (χ3n) is 4.82. The maximum absolute atomic E-state index is 12.2. The highest BCUT2D eigenvalue weighted by Crippen LogP contribution is 2.44. The quantitative estimate of drug-likeness (QED) is 0.833. The van der Waals surface area contributed by atoms with Gasteiger partial charge in [0.2, 0.25) is 11.9 Å². The lowest BCUT2D eigenvalue weighted by Crippen LogP contribution is -2.49. The monoisotopic (exact) mass is 304 g/mol. The Kier molecular flexibility index (Phi) is 4.04. The maximum atomic E-state index is 12.2. The molecular formula is C16H24N4O2. The predicted octanol–water partition coefficient (Wildman–Crippen LogP) is 0.995. The summed E-state index contributed by atoms with van der Waals surface area (Å²) in [7, 11) is 5.48. The van der Waals surface area contributed by atoms with E-state index in [0.29, 0.717) is 0 Å². The second-order valence-electron chi connectivity index (χ2n) is 6.57. The van der Waals surface area contributed by atoms with Gasteiger partial charge in [-0.3, -0.25) is 4.79 Å². The van der Waals surface area contributed by atoms with Gasteiger partial charge in [0.05, 0.1) is 5.69 Å². The highest BCUT2D eigenvalue weighted by molar-refractivity contribution is 5.77. The largest absolute Gasteiger partial charge is 0.375 e. The van der Waals surface area contributed by atoms with E-state index in [9.17, 15) is 4.79 Å². The topological polar surface area (TPSA) is 58.6 Å². The summed E-state index contributed by atoms with van der Waals surface area (Å²) in [6.45, 7) is 1.74. The van der Waals surface area contributed by atoms with E-state index >= 15 is 0 Å². The highest BCUT2D eigenvalue weighted by Gasteiger charge is 2.44. The molecule has 0 bridgehead atoms. The number of anilines is 1. The molecule has 1 spiro atoms. The molecule has 6 nitrogen and oxygen atoms in total. The van der Waals surface area contributed by atoms with Gasteiger partial charge < -0.3 is 14.5 Å². The summed E-state index contributed by atoms with van der Waals surface area (Å²) in [6.07, 6.45) is 6.15. The fraction of sp³-hybridized carbons (Fsp3) is 0.688. The van der Waals surface area contributed by atoms with Gasteiger partial charge in [0.1, 0.15) is 6.61 Å². The summed E-state index contributed by atoms with van der Waals surface area (Å²) in [4.78, 5) is 25.3. The van der Waals surface area contributed by atoms with Gasteiger partial charge in [-0.05, 0) is 31.2 Å². The number of methoxy groups -OCH3 is 1. The molecule has 1 unspecified atom stereocenters. The minimum atomic E-state index is 0.00465. The van der Waals surface area contributed by atoms with Crippen molar-refractivity contribution in [2.24, 2.45) is 0 Å². The lowest BCUT2D eigenvalue weighted by atomic mass is 9.77. The van der Waals surface area contributed by atoms with E-state index in [1.165, 1.54) is 5.56 Å². The molecule has 120 valence electrons. The van der Waals surface area contributed by atoms with Crippen LogP contribution in [-0.2, 0) is 21.4 Å². The minimum absolute atomic E-state index is 0.00465. The molecule has 0 saturated carbocycles. The summed E-state index contributed by atoms with van der Waals surface area (Å²) in [5.41, 5.74) is 2.40. The van der Waals surface area contributed by atoms with Crippen molar-refractivity contribution in [2.45, 2.75) is 31.1 Å². The van der Waals surface area contributed by atoms with Gasteiger partial charge in [0.25, 0.3) is 0 Å². The van der Waals surface area contributed by atoms with Crippen molar-refractivity contribution in [3.05, 3.63) is 17.5 Å². The van der Waals surface area contributed by atoms with Gasteiger partial charge in [0, 0.05) is 45.9 Å². The number of rotatable bonds is 3. The van der Waals surface area contributed by atoms with Crippen molar-refractivity contribution in [2.75, 3.05) is 45.8 Å². The van der Waals surface area contributed by atoms with E-state index in [2.05, 4.69) is 4.98 Å². The normalized spacial score (nSPS) is 23.7. The van der Waals surface area contributed by atoms with Crippen LogP contribution >= 0.6 is 0 Å². The van der Waals surface area contributed by atoms with Crippen LogP contribution in [0.2, 0.25) is 0 Å². The molecule has 1 fully saturated rings. The Bertz CT molecular complexity index is 571. The molecule has 1 aliphatic heterocycles. The number of ether oxygens (including phenoxy) is 1. The summed E-state index contributed by atoms with van der Waals surface area (Å²) >= 11 is 0. The number of hydrogen-bond donors (Lipinski definition) is 0. The molecule has 1 saturated heterocycles. The molecule has 3 rings (SSSR count). The average molecular weight is 304 g/mol. The number of nitrogens with zero attached hydrogens (tertiary/aromatic N) is 4. The fourth-order valence-corrected chi connectivity index (χ4v) is 3.70. The molecule has 0 radical (unpaired) electrons. The number of carbonyl (C=O) groups is 1. The van der Waals surface area contributed by atoms with Crippen molar-refractivity contribution in [3.63, 3.8) is 0 Å². The summed E-state index contributed by atoms with van der Waals surface area (Å²) < 4.78 is 5.00. The SMILES string of the molecule is COCC(=O)N1CCCC2(CCc3cnc(N(C)C)nc32)C1. The van der Waals surface area contributed by atoms with Crippen molar-refractivity contribution in [3.8, 4) is 0 Å². The molecule has 0 N–H and O–H groups in total. The molecule has 1 amide bonds. The van der Waals surface area contributed by atoms with E-state index in [4.69, 9.17) is 9.72 Å². The predicted molar refractivity (Wildman–Crippen MR) is 84.0 cm³/mol. The minimum Gasteiger partial charge on any atom is -0.375 e. The Balaban J connectivity index is 1.89. The number of piperidine rings is 1. The lowest BCUT2D eigenvalue weighted by molar-refractivity contribution is -0.137. The Morgan fingerprint density at radius 1 is 1.45 bits per heavy atom. The molecule has 1 atom stereocenters. The lowest BCUT2D eigenvalue weighted by Gasteiger charge is -2.40. The summed E-state index contributed by atoms with van der Waals surface area (Å²) in [5.74, 6) is 0.831. The highest BCUT2D eigenvalue weighted by atomic mass is 16.5. The van der Waals surface area contributed by atoms with Crippen LogP contribution in [0.15, 0.2) is 6.20 Å². The third kappa shape index (κ3) is 2.56. The fourth-order valence-electron chi connectivity index (χ4n) is 3.70. The Morgan fingerprint density at radius 3 is 3.00 bits per heavy atom. The summed E-state index contributed by atoms with van der Waals surface area (Å²) in [5, 5.41) is 0. The number of amides is 1. The molecule has 2 aliphatic rings. The standard InChI is InChI=1S/C16H24N4O2/c1-19(2)15-17-9-12-5-7-16(14(12)18-15)6-4-8-20(11-16)13(21)10-22-3/h9H,4-8,10-11H2,1-3H3. The van der Waals surface area contributed by atoms with Crippen LogP contribution in [0.5, 0.6) is 0 Å². The number of aryl methyl sites for hydroxylation is 1. The first-order valence-corrected chi connectivity index (χ1v) is 7.86. The molecule has 1 aliphatic carbocycles. The smallest absolute Gasteiger partial charge is 0.248 e. The number of aromatic nitrogens is 2. The van der Waals surface area contributed by atoms with E-state index in [-0.39, 0.29) is 17.9 Å². The van der Waals surface area contributed by atoms with Gasteiger partial charge in [0.15, 0.2) is 0 Å². The Morgan fingerprint density at radius 2 is 2.27 bits per heavy atom. The van der Waals surface area contributed by atoms with Crippen molar-refractivity contribution in [1.29, 1.82) is 0 Å².